The maximum absolute atomic E-state index is 12.2. The lowest BCUT2D eigenvalue weighted by atomic mass is 10.4. The van der Waals surface area contributed by atoms with Crippen molar-refractivity contribution in [3.05, 3.63) is 18.5 Å². The smallest absolute Gasteiger partial charge is 0.246 e. The van der Waals surface area contributed by atoms with E-state index in [0.717, 1.165) is 4.31 Å². The van der Waals surface area contributed by atoms with E-state index in [1.54, 1.807) is 13.1 Å². The van der Waals surface area contributed by atoms with E-state index in [4.69, 9.17) is 5.26 Å². The summed E-state index contributed by atoms with van der Waals surface area (Å²) < 4.78 is 25.5. The Morgan fingerprint density at radius 1 is 1.59 bits per heavy atom. The van der Waals surface area contributed by atoms with E-state index in [2.05, 4.69) is 10.3 Å². The van der Waals surface area contributed by atoms with Crippen molar-refractivity contribution in [1.29, 1.82) is 5.26 Å². The second kappa shape index (κ2) is 5.61. The SMILES string of the molecule is CNc1ccncc1S(=O)(=O)N(C)CCC#N. The highest BCUT2D eigenvalue weighted by atomic mass is 32.2. The minimum atomic E-state index is -3.60. The third kappa shape index (κ3) is 2.93. The summed E-state index contributed by atoms with van der Waals surface area (Å²) in [4.78, 5) is 3.93. The van der Waals surface area contributed by atoms with E-state index in [1.807, 2.05) is 6.07 Å². The Hall–Kier alpha value is -1.65. The number of hydrogen-bond donors (Lipinski definition) is 1. The number of rotatable bonds is 5. The average Bonchev–Trinajstić information content (AvgIpc) is 2.35. The molecule has 92 valence electrons. The summed E-state index contributed by atoms with van der Waals surface area (Å²) in [5.74, 6) is 0. The Bertz CT molecular complexity index is 521. The van der Waals surface area contributed by atoms with Gasteiger partial charge < -0.3 is 5.32 Å². The molecule has 0 saturated heterocycles. The fourth-order valence-corrected chi connectivity index (χ4v) is 2.60. The van der Waals surface area contributed by atoms with E-state index in [1.165, 1.54) is 19.4 Å². The molecule has 0 bridgehead atoms. The molecule has 1 N–H and O–H groups in total. The molecule has 0 atom stereocenters. The Balaban J connectivity index is 3.09. The first-order valence-electron chi connectivity index (χ1n) is 4.99. The van der Waals surface area contributed by atoms with Gasteiger partial charge in [0, 0.05) is 39.5 Å². The van der Waals surface area contributed by atoms with Gasteiger partial charge in [-0.25, -0.2) is 8.42 Å². The quantitative estimate of drug-likeness (QED) is 0.834. The number of nitriles is 1. The predicted molar refractivity (Wildman–Crippen MR) is 63.8 cm³/mol. The van der Waals surface area contributed by atoms with Crippen molar-refractivity contribution in [2.45, 2.75) is 11.3 Å². The molecule has 6 nitrogen and oxygen atoms in total. The van der Waals surface area contributed by atoms with Crippen molar-refractivity contribution in [3.8, 4) is 6.07 Å². The van der Waals surface area contributed by atoms with Crippen molar-refractivity contribution in [3.63, 3.8) is 0 Å². The molecule has 0 saturated carbocycles. The predicted octanol–water partition coefficient (Wildman–Crippen LogP) is 0.657. The number of nitrogens with zero attached hydrogens (tertiary/aromatic N) is 3. The molecular formula is C10H14N4O2S. The zero-order valence-electron chi connectivity index (χ0n) is 9.71. The summed E-state index contributed by atoms with van der Waals surface area (Å²) in [6.45, 7) is 0.164. The van der Waals surface area contributed by atoms with Gasteiger partial charge in [-0.2, -0.15) is 9.57 Å². The second-order valence-corrected chi connectivity index (χ2v) is 5.37. The Morgan fingerprint density at radius 3 is 2.88 bits per heavy atom. The van der Waals surface area contributed by atoms with Crippen LogP contribution < -0.4 is 5.32 Å². The highest BCUT2D eigenvalue weighted by molar-refractivity contribution is 7.89. The summed E-state index contributed by atoms with van der Waals surface area (Å²) in [5.41, 5.74) is 0.490. The molecule has 0 amide bonds. The fourth-order valence-electron chi connectivity index (χ4n) is 1.29. The van der Waals surface area contributed by atoms with Crippen LogP contribution in [0.15, 0.2) is 23.4 Å². The monoisotopic (exact) mass is 254 g/mol. The summed E-state index contributed by atoms with van der Waals surface area (Å²) in [6.07, 6.45) is 2.97. The van der Waals surface area contributed by atoms with Crippen LogP contribution in [-0.2, 0) is 10.0 Å². The molecule has 0 aliphatic rings. The molecule has 17 heavy (non-hydrogen) atoms. The van der Waals surface area contributed by atoms with Crippen LogP contribution in [0.2, 0.25) is 0 Å². The number of pyridine rings is 1. The van der Waals surface area contributed by atoms with Gasteiger partial charge in [0.2, 0.25) is 10.0 Å². The highest BCUT2D eigenvalue weighted by Gasteiger charge is 2.23. The largest absolute Gasteiger partial charge is 0.387 e. The van der Waals surface area contributed by atoms with Gasteiger partial charge in [-0.05, 0) is 6.07 Å². The first kappa shape index (κ1) is 13.4. The zero-order valence-corrected chi connectivity index (χ0v) is 10.5. The van der Waals surface area contributed by atoms with E-state index in [0.29, 0.717) is 5.69 Å². The van der Waals surface area contributed by atoms with Crippen molar-refractivity contribution in [1.82, 2.24) is 9.29 Å². The van der Waals surface area contributed by atoms with Crippen molar-refractivity contribution in [2.75, 3.05) is 26.0 Å². The van der Waals surface area contributed by atoms with Crippen molar-refractivity contribution in [2.24, 2.45) is 0 Å². The van der Waals surface area contributed by atoms with Gasteiger partial charge >= 0.3 is 0 Å². The molecule has 0 unspecified atom stereocenters. The van der Waals surface area contributed by atoms with E-state index in [-0.39, 0.29) is 17.9 Å². The summed E-state index contributed by atoms with van der Waals surface area (Å²) in [7, 11) is -0.511. The van der Waals surface area contributed by atoms with Crippen molar-refractivity contribution >= 4 is 15.7 Å². The Labute approximate surface area is 101 Å². The summed E-state index contributed by atoms with van der Waals surface area (Å²) in [6, 6.07) is 3.50. The van der Waals surface area contributed by atoms with Crippen LogP contribution >= 0.6 is 0 Å². The van der Waals surface area contributed by atoms with Crippen LogP contribution in [0.25, 0.3) is 0 Å². The minimum Gasteiger partial charge on any atom is -0.387 e. The molecule has 0 radical (unpaired) electrons. The molecule has 1 aromatic heterocycles. The topological polar surface area (TPSA) is 86.1 Å². The lowest BCUT2D eigenvalue weighted by Crippen LogP contribution is -2.28. The minimum absolute atomic E-state index is 0.114. The van der Waals surface area contributed by atoms with Crippen molar-refractivity contribution < 1.29 is 8.42 Å². The molecule has 1 heterocycles. The first-order chi connectivity index (χ1) is 8.04. The van der Waals surface area contributed by atoms with E-state index in [9.17, 15) is 8.42 Å². The number of hydrogen-bond acceptors (Lipinski definition) is 5. The van der Waals surface area contributed by atoms with Crippen LogP contribution in [0, 0.1) is 11.3 Å². The molecule has 0 spiro atoms. The maximum atomic E-state index is 12.2. The van der Waals surface area contributed by atoms with Crippen LogP contribution in [0.4, 0.5) is 5.69 Å². The summed E-state index contributed by atoms with van der Waals surface area (Å²) in [5, 5.41) is 11.3. The van der Waals surface area contributed by atoms with Gasteiger partial charge in [0.1, 0.15) is 4.90 Å². The standard InChI is InChI=1S/C10H14N4O2S/c1-12-9-4-6-13-8-10(9)17(15,16)14(2)7-3-5-11/h4,6,8H,3,7H2,1-2H3,(H,12,13). The fraction of sp³-hybridized carbons (Fsp3) is 0.400. The van der Waals surface area contributed by atoms with Crippen LogP contribution in [0.1, 0.15) is 6.42 Å². The third-order valence-electron chi connectivity index (χ3n) is 2.28. The van der Waals surface area contributed by atoms with E-state index >= 15 is 0 Å². The number of sulfonamides is 1. The average molecular weight is 254 g/mol. The lowest BCUT2D eigenvalue weighted by Gasteiger charge is -2.17. The number of anilines is 1. The zero-order chi connectivity index (χ0) is 12.9. The third-order valence-corrected chi connectivity index (χ3v) is 4.16. The van der Waals surface area contributed by atoms with Crippen LogP contribution in [0.3, 0.4) is 0 Å². The molecule has 1 aromatic rings. The molecule has 0 aromatic carbocycles. The number of nitrogens with one attached hydrogen (secondary N) is 1. The lowest BCUT2D eigenvalue weighted by molar-refractivity contribution is 0.476. The maximum Gasteiger partial charge on any atom is 0.246 e. The Morgan fingerprint density at radius 2 is 2.29 bits per heavy atom. The molecule has 1 rings (SSSR count). The highest BCUT2D eigenvalue weighted by Crippen LogP contribution is 2.22. The van der Waals surface area contributed by atoms with Gasteiger partial charge in [-0.1, -0.05) is 0 Å². The number of aromatic nitrogens is 1. The molecule has 0 aliphatic carbocycles. The molecule has 0 fully saturated rings. The van der Waals surface area contributed by atoms with Gasteiger partial charge in [0.15, 0.2) is 0 Å². The first-order valence-corrected chi connectivity index (χ1v) is 6.43. The van der Waals surface area contributed by atoms with Gasteiger partial charge in [-0.15, -0.1) is 0 Å². The second-order valence-electron chi connectivity index (χ2n) is 3.36. The van der Waals surface area contributed by atoms with Gasteiger partial charge in [0.25, 0.3) is 0 Å². The molecule has 7 heteroatoms. The van der Waals surface area contributed by atoms with Gasteiger partial charge in [-0.3, -0.25) is 4.98 Å². The normalized spacial score (nSPS) is 11.2. The van der Waals surface area contributed by atoms with Gasteiger partial charge in [0.05, 0.1) is 11.8 Å². The summed E-state index contributed by atoms with van der Waals surface area (Å²) >= 11 is 0. The molecule has 0 aliphatic heterocycles. The van der Waals surface area contributed by atoms with Crippen LogP contribution in [0.5, 0.6) is 0 Å². The van der Waals surface area contributed by atoms with Crippen LogP contribution in [-0.4, -0.2) is 38.3 Å². The Kier molecular flexibility index (Phi) is 4.43. The molecular weight excluding hydrogens is 240 g/mol. The van der Waals surface area contributed by atoms with E-state index < -0.39 is 10.0 Å².